The molecule has 3 heterocycles. The van der Waals surface area contributed by atoms with E-state index in [9.17, 15) is 9.18 Å². The maximum absolute atomic E-state index is 13.2. The molecule has 0 atom stereocenters. The summed E-state index contributed by atoms with van der Waals surface area (Å²) in [5.74, 6) is -0.331. The molecule has 0 bridgehead atoms. The van der Waals surface area contributed by atoms with E-state index < -0.39 is 0 Å². The quantitative estimate of drug-likeness (QED) is 0.459. The first-order valence-corrected chi connectivity index (χ1v) is 9.08. The highest BCUT2D eigenvalue weighted by Crippen LogP contribution is 2.24. The minimum absolute atomic E-state index is 0.0980. The highest BCUT2D eigenvalue weighted by Gasteiger charge is 2.15. The van der Waals surface area contributed by atoms with Crippen molar-refractivity contribution >= 4 is 28.4 Å². The van der Waals surface area contributed by atoms with Crippen LogP contribution in [-0.2, 0) is 6.54 Å². The van der Waals surface area contributed by atoms with Gasteiger partial charge >= 0.3 is 0 Å². The van der Waals surface area contributed by atoms with Crippen LogP contribution in [-0.4, -0.2) is 29.4 Å². The summed E-state index contributed by atoms with van der Waals surface area (Å²) in [7, 11) is 0. The first-order chi connectivity index (χ1) is 14.1. The van der Waals surface area contributed by atoms with Crippen molar-refractivity contribution in [2.45, 2.75) is 6.54 Å². The molecule has 3 aromatic heterocycles. The molecule has 0 fully saturated rings. The molecule has 5 aromatic rings. The zero-order chi connectivity index (χ0) is 20.0. The molecule has 0 radical (unpaired) electrons. The van der Waals surface area contributed by atoms with Gasteiger partial charge < -0.3 is 0 Å². The number of hydrogen-bond donors (Lipinski definition) is 0. The van der Waals surface area contributed by atoms with Gasteiger partial charge in [-0.25, -0.2) is 9.37 Å². The molecule has 0 aliphatic rings. The van der Waals surface area contributed by atoms with Gasteiger partial charge in [0, 0.05) is 10.6 Å². The number of rotatable bonds is 3. The molecule has 142 valence electrons. The number of hydrogen-bond acceptors (Lipinski definition) is 5. The van der Waals surface area contributed by atoms with Gasteiger partial charge in [0.2, 0.25) is 0 Å². The molecular weight excluding hydrogens is 395 g/mol. The van der Waals surface area contributed by atoms with E-state index in [0.29, 0.717) is 21.9 Å². The van der Waals surface area contributed by atoms with Crippen molar-refractivity contribution in [3.05, 3.63) is 87.8 Å². The summed E-state index contributed by atoms with van der Waals surface area (Å²) < 4.78 is 16.1. The van der Waals surface area contributed by atoms with E-state index in [1.165, 1.54) is 27.5 Å². The van der Waals surface area contributed by atoms with Crippen molar-refractivity contribution in [2.75, 3.05) is 0 Å². The number of benzene rings is 2. The molecule has 2 aromatic carbocycles. The average Bonchev–Trinajstić information content (AvgIpc) is 3.16. The number of aromatic nitrogens is 6. The van der Waals surface area contributed by atoms with E-state index in [0.717, 1.165) is 11.1 Å². The Balaban J connectivity index is 1.64. The lowest BCUT2D eigenvalue weighted by atomic mass is 10.1. The molecule has 0 saturated heterocycles. The summed E-state index contributed by atoms with van der Waals surface area (Å²) >= 11 is 6.19. The molecule has 0 unspecified atom stereocenters. The molecule has 0 amide bonds. The molecule has 9 heteroatoms. The van der Waals surface area contributed by atoms with Gasteiger partial charge in [0.25, 0.3) is 5.56 Å². The third kappa shape index (κ3) is 2.94. The van der Waals surface area contributed by atoms with E-state index in [-0.39, 0.29) is 23.4 Å². The van der Waals surface area contributed by atoms with Crippen LogP contribution >= 0.6 is 11.6 Å². The summed E-state index contributed by atoms with van der Waals surface area (Å²) in [6.07, 6.45) is 3.03. The second kappa shape index (κ2) is 6.75. The van der Waals surface area contributed by atoms with E-state index in [1.807, 2.05) is 18.2 Å². The van der Waals surface area contributed by atoms with Crippen LogP contribution in [0.3, 0.4) is 0 Å². The van der Waals surface area contributed by atoms with Gasteiger partial charge in [0.15, 0.2) is 16.8 Å². The third-order valence-corrected chi connectivity index (χ3v) is 5.01. The molecule has 0 N–H and O–H groups in total. The van der Waals surface area contributed by atoms with Crippen molar-refractivity contribution in [3.8, 4) is 11.1 Å². The molecular formula is C20H12ClFN6O. The average molecular weight is 407 g/mol. The minimum Gasteiger partial charge on any atom is -0.293 e. The van der Waals surface area contributed by atoms with E-state index in [1.54, 1.807) is 24.4 Å². The predicted molar refractivity (Wildman–Crippen MR) is 106 cm³/mol. The number of halogens is 2. The van der Waals surface area contributed by atoms with Crippen molar-refractivity contribution in [1.29, 1.82) is 0 Å². The summed E-state index contributed by atoms with van der Waals surface area (Å²) in [5, 5.41) is 13.1. The van der Waals surface area contributed by atoms with Crippen LogP contribution in [0.25, 0.3) is 27.9 Å². The monoisotopic (exact) mass is 406 g/mol. The Kier molecular flexibility index (Phi) is 4.06. The lowest BCUT2D eigenvalue weighted by Crippen LogP contribution is -2.23. The van der Waals surface area contributed by atoms with E-state index in [4.69, 9.17) is 11.6 Å². The number of nitrogens with zero attached hydrogens (tertiary/aromatic N) is 6. The molecule has 7 nitrogen and oxygen atoms in total. The van der Waals surface area contributed by atoms with Gasteiger partial charge in [0.1, 0.15) is 12.1 Å². The van der Waals surface area contributed by atoms with Crippen molar-refractivity contribution < 1.29 is 4.39 Å². The van der Waals surface area contributed by atoms with Gasteiger partial charge in [0.05, 0.1) is 12.7 Å². The van der Waals surface area contributed by atoms with Crippen molar-refractivity contribution in [3.63, 3.8) is 0 Å². The van der Waals surface area contributed by atoms with Crippen LogP contribution in [0.1, 0.15) is 5.56 Å². The van der Waals surface area contributed by atoms with Gasteiger partial charge in [-0.3, -0.25) is 9.36 Å². The fraction of sp³-hybridized carbons (Fsp3) is 0.0500. The predicted octanol–water partition coefficient (Wildman–Crippen LogP) is 3.34. The van der Waals surface area contributed by atoms with Crippen LogP contribution in [0, 0.1) is 5.82 Å². The maximum atomic E-state index is 13.2. The van der Waals surface area contributed by atoms with Crippen LogP contribution in [0.15, 0.2) is 65.8 Å². The Bertz CT molecular complexity index is 1430. The normalized spacial score (nSPS) is 11.4. The number of fused-ring (bicyclic) bond motifs is 3. The van der Waals surface area contributed by atoms with Crippen LogP contribution in [0.2, 0.25) is 5.02 Å². The zero-order valence-electron chi connectivity index (χ0n) is 14.8. The molecule has 0 aliphatic heterocycles. The Morgan fingerprint density at radius 3 is 2.59 bits per heavy atom. The van der Waals surface area contributed by atoms with E-state index in [2.05, 4.69) is 20.3 Å². The van der Waals surface area contributed by atoms with Crippen molar-refractivity contribution in [2.24, 2.45) is 0 Å². The van der Waals surface area contributed by atoms with Gasteiger partial charge in [-0.1, -0.05) is 41.9 Å². The molecule has 0 aliphatic carbocycles. The first-order valence-electron chi connectivity index (χ1n) is 8.71. The largest absolute Gasteiger partial charge is 0.293 e. The zero-order valence-corrected chi connectivity index (χ0v) is 15.6. The fourth-order valence-corrected chi connectivity index (χ4v) is 3.35. The summed E-state index contributed by atoms with van der Waals surface area (Å²) in [5.41, 5.74) is 2.68. The highest BCUT2D eigenvalue weighted by molar-refractivity contribution is 6.31. The Morgan fingerprint density at radius 2 is 1.79 bits per heavy atom. The van der Waals surface area contributed by atoms with Gasteiger partial charge in [-0.2, -0.15) is 9.61 Å². The third-order valence-electron chi connectivity index (χ3n) is 4.64. The lowest BCUT2D eigenvalue weighted by molar-refractivity contribution is 0.628. The van der Waals surface area contributed by atoms with Crippen LogP contribution in [0.5, 0.6) is 0 Å². The molecule has 29 heavy (non-hydrogen) atoms. The fourth-order valence-electron chi connectivity index (χ4n) is 3.16. The highest BCUT2D eigenvalue weighted by atomic mass is 35.5. The second-order valence-electron chi connectivity index (χ2n) is 6.44. The Labute approximate surface area is 168 Å². The van der Waals surface area contributed by atoms with Gasteiger partial charge in [-0.05, 0) is 29.3 Å². The molecule has 0 saturated carbocycles. The standard InChI is InChI=1S/C20H12ClFN6O/c21-16-4-2-1-3-13(16)10-27-11-23-19-17(20(27)29)25-26-18-15(9-24-28(18)19)12-5-7-14(22)8-6-12/h1-9,11H,10H2. The summed E-state index contributed by atoms with van der Waals surface area (Å²) in [4.78, 5) is 17.3. The molecule has 5 rings (SSSR count). The van der Waals surface area contributed by atoms with Crippen molar-refractivity contribution in [1.82, 2.24) is 29.4 Å². The Morgan fingerprint density at radius 1 is 1.00 bits per heavy atom. The van der Waals surface area contributed by atoms with E-state index >= 15 is 0 Å². The summed E-state index contributed by atoms with van der Waals surface area (Å²) in [6.45, 7) is 0.265. The molecule has 0 spiro atoms. The SMILES string of the molecule is O=c1c2nnc3c(-c4ccc(F)cc4)cnn3c2ncn1Cc1ccccc1Cl. The maximum Gasteiger partial charge on any atom is 0.283 e. The first kappa shape index (κ1) is 17.4. The topological polar surface area (TPSA) is 78.0 Å². The van der Waals surface area contributed by atoms with Crippen LogP contribution < -0.4 is 5.56 Å². The lowest BCUT2D eigenvalue weighted by Gasteiger charge is -2.08. The van der Waals surface area contributed by atoms with Gasteiger partial charge in [-0.15, -0.1) is 10.2 Å². The summed E-state index contributed by atoms with van der Waals surface area (Å²) in [6, 6.07) is 13.3. The smallest absolute Gasteiger partial charge is 0.283 e. The Hall–Kier alpha value is -3.65. The second-order valence-corrected chi connectivity index (χ2v) is 6.85. The minimum atomic E-state index is -0.344. The van der Waals surface area contributed by atoms with Crippen LogP contribution in [0.4, 0.5) is 4.39 Å².